The summed E-state index contributed by atoms with van der Waals surface area (Å²) < 4.78 is 32.2. The van der Waals surface area contributed by atoms with Gasteiger partial charge in [0, 0.05) is 13.0 Å². The second kappa shape index (κ2) is 7.02. The lowest BCUT2D eigenvalue weighted by molar-refractivity contribution is -0.114. The highest BCUT2D eigenvalue weighted by Gasteiger charge is 2.17. The van der Waals surface area contributed by atoms with Crippen LogP contribution in [0.1, 0.15) is 31.6 Å². The number of rotatable bonds is 4. The Labute approximate surface area is 135 Å². The average Bonchev–Trinajstić information content (AvgIpc) is 2.90. The van der Waals surface area contributed by atoms with Crippen LogP contribution >= 0.6 is 0 Å². The Balaban J connectivity index is 2.09. The molecule has 0 spiro atoms. The maximum Gasteiger partial charge on any atom is 0.319 e. The molecule has 1 atom stereocenters. The Morgan fingerprint density at radius 1 is 1.17 bits per heavy atom. The van der Waals surface area contributed by atoms with Gasteiger partial charge < -0.3 is 20.5 Å². The van der Waals surface area contributed by atoms with Crippen molar-refractivity contribution in [2.75, 3.05) is 10.6 Å². The molecule has 3 N–H and O–H groups in total. The van der Waals surface area contributed by atoms with Gasteiger partial charge in [0.1, 0.15) is 17.7 Å². The van der Waals surface area contributed by atoms with Crippen LogP contribution in [-0.2, 0) is 4.79 Å². The number of hydrogen-bond donors (Lipinski definition) is 3. The molecule has 0 unspecified atom stereocenters. The molecule has 3 amide bonds. The van der Waals surface area contributed by atoms with E-state index in [4.69, 9.17) is 4.52 Å². The number of anilines is 2. The van der Waals surface area contributed by atoms with E-state index in [1.807, 2.05) is 0 Å². The van der Waals surface area contributed by atoms with Gasteiger partial charge in [-0.25, -0.2) is 13.6 Å². The number of urea groups is 1. The molecule has 1 aromatic heterocycles. The number of benzene rings is 1. The number of aromatic nitrogens is 2. The van der Waals surface area contributed by atoms with Gasteiger partial charge in [0.2, 0.25) is 11.8 Å². The fourth-order valence-corrected chi connectivity index (χ4v) is 1.84. The van der Waals surface area contributed by atoms with E-state index in [9.17, 15) is 18.4 Å². The molecule has 0 aliphatic rings. The highest BCUT2D eigenvalue weighted by atomic mass is 19.1. The summed E-state index contributed by atoms with van der Waals surface area (Å²) in [6, 6.07) is 0.154. The number of nitrogens with one attached hydrogen (secondary N) is 3. The largest absolute Gasteiger partial charge is 0.337 e. The van der Waals surface area contributed by atoms with Gasteiger partial charge in [-0.2, -0.15) is 4.98 Å². The first-order valence-electron chi connectivity index (χ1n) is 6.90. The van der Waals surface area contributed by atoms with Crippen LogP contribution in [0.15, 0.2) is 16.7 Å². The van der Waals surface area contributed by atoms with Crippen molar-refractivity contribution in [2.45, 2.75) is 26.8 Å². The minimum Gasteiger partial charge on any atom is -0.337 e. The second-order valence-electron chi connectivity index (χ2n) is 4.99. The molecular formula is C14H15F2N5O3. The van der Waals surface area contributed by atoms with Crippen molar-refractivity contribution >= 4 is 23.3 Å². The number of amides is 3. The maximum atomic E-state index is 13.8. The van der Waals surface area contributed by atoms with Crippen LogP contribution in [0.5, 0.6) is 0 Å². The average molecular weight is 339 g/mol. The minimum absolute atomic E-state index is 0.182. The zero-order chi connectivity index (χ0) is 17.9. The second-order valence-corrected chi connectivity index (χ2v) is 4.99. The van der Waals surface area contributed by atoms with Gasteiger partial charge in [0.25, 0.3) is 0 Å². The summed E-state index contributed by atoms with van der Waals surface area (Å²) >= 11 is 0. The zero-order valence-corrected chi connectivity index (χ0v) is 13.1. The molecule has 128 valence electrons. The first-order valence-corrected chi connectivity index (χ1v) is 6.90. The Morgan fingerprint density at radius 2 is 1.79 bits per heavy atom. The van der Waals surface area contributed by atoms with Gasteiger partial charge in [0.05, 0.1) is 11.4 Å². The maximum absolute atomic E-state index is 13.8. The van der Waals surface area contributed by atoms with Crippen molar-refractivity contribution in [3.05, 3.63) is 35.5 Å². The van der Waals surface area contributed by atoms with Gasteiger partial charge in [-0.1, -0.05) is 5.16 Å². The van der Waals surface area contributed by atoms with Gasteiger partial charge >= 0.3 is 6.03 Å². The molecule has 2 rings (SSSR count). The molecule has 0 fully saturated rings. The number of halogens is 2. The molecule has 0 saturated heterocycles. The molecule has 1 aromatic carbocycles. The summed E-state index contributed by atoms with van der Waals surface area (Å²) in [6.07, 6.45) is 0. The summed E-state index contributed by atoms with van der Waals surface area (Å²) in [6.45, 7) is 4.39. The van der Waals surface area contributed by atoms with Crippen molar-refractivity contribution < 1.29 is 22.9 Å². The smallest absolute Gasteiger partial charge is 0.319 e. The normalized spacial score (nSPS) is 11.7. The van der Waals surface area contributed by atoms with Crippen molar-refractivity contribution in [2.24, 2.45) is 0 Å². The predicted molar refractivity (Wildman–Crippen MR) is 80.3 cm³/mol. The topological polar surface area (TPSA) is 109 Å². The van der Waals surface area contributed by atoms with Crippen molar-refractivity contribution in [1.29, 1.82) is 0 Å². The Bertz CT molecular complexity index is 778. The van der Waals surface area contributed by atoms with Crippen molar-refractivity contribution in [1.82, 2.24) is 15.5 Å². The van der Waals surface area contributed by atoms with Gasteiger partial charge in [-0.3, -0.25) is 4.79 Å². The van der Waals surface area contributed by atoms with E-state index < -0.39 is 29.6 Å². The molecule has 10 heteroatoms. The summed E-state index contributed by atoms with van der Waals surface area (Å²) in [5.74, 6) is -1.89. The first-order chi connectivity index (χ1) is 11.3. The van der Waals surface area contributed by atoms with Crippen LogP contribution in [0.2, 0.25) is 0 Å². The fraction of sp³-hybridized carbons (Fsp3) is 0.286. The number of nitrogens with zero attached hydrogens (tertiary/aromatic N) is 2. The Kier molecular flexibility index (Phi) is 5.07. The number of hydrogen-bond acceptors (Lipinski definition) is 5. The van der Waals surface area contributed by atoms with Crippen LogP contribution in [0.4, 0.5) is 25.0 Å². The van der Waals surface area contributed by atoms with Gasteiger partial charge in [-0.05, 0) is 19.9 Å². The van der Waals surface area contributed by atoms with Crippen LogP contribution in [-0.4, -0.2) is 22.1 Å². The van der Waals surface area contributed by atoms with Crippen LogP contribution < -0.4 is 16.0 Å². The summed E-state index contributed by atoms with van der Waals surface area (Å²) in [5.41, 5.74) is -0.550. The van der Waals surface area contributed by atoms with Crippen LogP contribution in [0.25, 0.3) is 0 Å². The number of aryl methyl sites for hydroxylation is 1. The minimum atomic E-state index is -0.988. The fourth-order valence-electron chi connectivity index (χ4n) is 1.84. The van der Waals surface area contributed by atoms with Gasteiger partial charge in [0.15, 0.2) is 5.82 Å². The van der Waals surface area contributed by atoms with Crippen molar-refractivity contribution in [3.63, 3.8) is 0 Å². The monoisotopic (exact) mass is 339 g/mol. The Hall–Kier alpha value is -3.04. The van der Waals surface area contributed by atoms with Gasteiger partial charge in [-0.15, -0.1) is 0 Å². The van der Waals surface area contributed by atoms with E-state index in [-0.39, 0.29) is 17.3 Å². The van der Waals surface area contributed by atoms with Crippen LogP contribution in [0, 0.1) is 18.6 Å². The van der Waals surface area contributed by atoms with Crippen molar-refractivity contribution in [3.8, 4) is 0 Å². The SMILES string of the molecule is CC(=O)Nc1cc(NC(=O)N[C@H](C)c2nc(C)no2)c(F)cc1F. The highest BCUT2D eigenvalue weighted by molar-refractivity contribution is 5.92. The third-order valence-electron chi connectivity index (χ3n) is 2.88. The molecular weight excluding hydrogens is 324 g/mol. The van der Waals surface area contributed by atoms with E-state index in [0.29, 0.717) is 11.9 Å². The molecule has 1 heterocycles. The molecule has 0 radical (unpaired) electrons. The van der Waals surface area contributed by atoms with E-state index >= 15 is 0 Å². The third-order valence-corrected chi connectivity index (χ3v) is 2.88. The molecule has 0 bridgehead atoms. The number of carbonyl (C=O) groups is 2. The van der Waals surface area contributed by atoms with E-state index in [2.05, 4.69) is 26.1 Å². The Morgan fingerprint density at radius 3 is 2.33 bits per heavy atom. The van der Waals surface area contributed by atoms with E-state index in [1.165, 1.54) is 6.92 Å². The quantitative estimate of drug-likeness (QED) is 0.793. The predicted octanol–water partition coefficient (Wildman–Crippen LogP) is 2.50. The molecule has 8 nitrogen and oxygen atoms in total. The lowest BCUT2D eigenvalue weighted by atomic mass is 10.2. The van der Waals surface area contributed by atoms with E-state index in [0.717, 1.165) is 6.07 Å². The third kappa shape index (κ3) is 4.24. The summed E-state index contributed by atoms with van der Waals surface area (Å²) in [4.78, 5) is 26.9. The molecule has 0 aliphatic carbocycles. The lowest BCUT2D eigenvalue weighted by Gasteiger charge is -2.13. The summed E-state index contributed by atoms with van der Waals surface area (Å²) in [5, 5.41) is 10.5. The standard InChI is InChI=1S/C14H15F2N5O3/c1-6(13-18-7(2)21-24-13)17-14(23)20-12-5-11(19-8(3)22)9(15)4-10(12)16/h4-6H,1-3H3,(H,19,22)(H2,17,20,23)/t6-/m1/s1. The first kappa shape index (κ1) is 17.3. The number of carbonyl (C=O) groups excluding carboxylic acids is 2. The highest BCUT2D eigenvalue weighted by Crippen LogP contribution is 2.23. The molecule has 0 saturated carbocycles. The summed E-state index contributed by atoms with van der Waals surface area (Å²) in [7, 11) is 0. The molecule has 0 aliphatic heterocycles. The zero-order valence-electron chi connectivity index (χ0n) is 13.1. The molecule has 24 heavy (non-hydrogen) atoms. The van der Waals surface area contributed by atoms with Crippen LogP contribution in [0.3, 0.4) is 0 Å². The molecule has 2 aromatic rings. The lowest BCUT2D eigenvalue weighted by Crippen LogP contribution is -2.31. The van der Waals surface area contributed by atoms with E-state index in [1.54, 1.807) is 13.8 Å².